The summed E-state index contributed by atoms with van der Waals surface area (Å²) in [5, 5.41) is 12.7. The van der Waals surface area contributed by atoms with Crippen LogP contribution in [-0.4, -0.2) is 57.7 Å². The Labute approximate surface area is 197 Å². The average molecular weight is 485 g/mol. The number of thiazole rings is 1. The highest BCUT2D eigenvalue weighted by Crippen LogP contribution is 2.30. The molecule has 1 aliphatic heterocycles. The van der Waals surface area contributed by atoms with E-state index in [0.717, 1.165) is 30.3 Å². The van der Waals surface area contributed by atoms with Gasteiger partial charge in [0.1, 0.15) is 5.82 Å². The molecule has 4 aromatic rings. The van der Waals surface area contributed by atoms with Crippen LogP contribution in [0.4, 0.5) is 15.5 Å². The number of fused-ring (bicyclic) bond motifs is 1. The maximum absolute atomic E-state index is 13.4. The van der Waals surface area contributed by atoms with Gasteiger partial charge in [0.25, 0.3) is 0 Å². The van der Waals surface area contributed by atoms with E-state index < -0.39 is 0 Å². The number of carbonyl (C=O) groups is 1. The largest absolute Gasteiger partial charge is 0.378 e. The Hall–Kier alpha value is -3.02. The van der Waals surface area contributed by atoms with Crippen molar-refractivity contribution in [2.24, 2.45) is 0 Å². The second kappa shape index (κ2) is 9.46. The number of ether oxygens (including phenoxy) is 1. The van der Waals surface area contributed by atoms with Gasteiger partial charge in [0.15, 0.2) is 10.3 Å². The fraction of sp³-hybridized carbons (Fsp3) is 0.273. The number of benzene rings is 2. The maximum Gasteiger partial charge on any atom is 0.236 e. The topological polar surface area (TPSA) is 85.2 Å². The van der Waals surface area contributed by atoms with Crippen LogP contribution in [0.5, 0.6) is 0 Å². The van der Waals surface area contributed by atoms with Crippen molar-refractivity contribution in [2.75, 3.05) is 42.3 Å². The van der Waals surface area contributed by atoms with Gasteiger partial charge in [-0.2, -0.15) is 0 Å². The van der Waals surface area contributed by atoms with Crippen molar-refractivity contribution < 1.29 is 13.9 Å². The van der Waals surface area contributed by atoms with Gasteiger partial charge in [-0.05, 0) is 36.8 Å². The van der Waals surface area contributed by atoms with E-state index in [1.165, 1.54) is 35.2 Å². The number of anilines is 2. The fourth-order valence-corrected chi connectivity index (χ4v) is 5.23. The molecule has 1 aliphatic rings. The molecule has 0 bridgehead atoms. The Bertz CT molecular complexity index is 1300. The zero-order valence-electron chi connectivity index (χ0n) is 17.8. The van der Waals surface area contributed by atoms with E-state index >= 15 is 0 Å². The molecule has 1 fully saturated rings. The van der Waals surface area contributed by atoms with Crippen molar-refractivity contribution in [3.05, 3.63) is 53.8 Å². The molecule has 0 atom stereocenters. The third-order valence-corrected chi connectivity index (χ3v) is 7.06. The van der Waals surface area contributed by atoms with Crippen molar-refractivity contribution >= 4 is 50.3 Å². The van der Waals surface area contributed by atoms with E-state index in [9.17, 15) is 9.18 Å². The Morgan fingerprint density at radius 2 is 2.03 bits per heavy atom. The van der Waals surface area contributed by atoms with Gasteiger partial charge >= 0.3 is 0 Å². The first-order chi connectivity index (χ1) is 16.1. The van der Waals surface area contributed by atoms with Crippen LogP contribution in [0, 0.1) is 12.7 Å². The minimum atomic E-state index is -0.328. The number of amides is 1. The third-order valence-electron chi connectivity index (χ3n) is 5.20. The van der Waals surface area contributed by atoms with E-state index in [1.807, 2.05) is 35.8 Å². The zero-order valence-corrected chi connectivity index (χ0v) is 19.5. The highest BCUT2D eigenvalue weighted by atomic mass is 32.2. The van der Waals surface area contributed by atoms with Gasteiger partial charge < -0.3 is 15.0 Å². The summed E-state index contributed by atoms with van der Waals surface area (Å²) in [5.41, 5.74) is 2.71. The smallest absolute Gasteiger partial charge is 0.236 e. The second-order valence-corrected chi connectivity index (χ2v) is 9.44. The first kappa shape index (κ1) is 21.8. The molecule has 0 unspecified atom stereocenters. The van der Waals surface area contributed by atoms with E-state index in [-0.39, 0.29) is 17.5 Å². The quantitative estimate of drug-likeness (QED) is 0.416. The number of nitrogens with one attached hydrogen (secondary N) is 1. The first-order valence-corrected chi connectivity index (χ1v) is 12.2. The monoisotopic (exact) mass is 484 g/mol. The Balaban J connectivity index is 1.35. The lowest BCUT2D eigenvalue weighted by molar-refractivity contribution is -0.113. The standard InChI is InChI=1S/C22H21FN6O2S2/c1-14-4-2-3-5-17(14)29-21(28-8-10-31-11-9-28)26-27-22(29)32-13-19(30)25-20-24-16-7-6-15(23)12-18(16)33-20/h2-7,12H,8-11,13H2,1H3,(H,24,25,30). The summed E-state index contributed by atoms with van der Waals surface area (Å²) in [7, 11) is 0. The summed E-state index contributed by atoms with van der Waals surface area (Å²) in [4.78, 5) is 19.1. The van der Waals surface area contributed by atoms with E-state index in [0.29, 0.717) is 33.7 Å². The second-order valence-electron chi connectivity index (χ2n) is 7.47. The van der Waals surface area contributed by atoms with Crippen molar-refractivity contribution in [1.82, 2.24) is 19.7 Å². The third kappa shape index (κ3) is 4.70. The number of halogens is 1. The van der Waals surface area contributed by atoms with Crippen LogP contribution in [-0.2, 0) is 9.53 Å². The highest BCUT2D eigenvalue weighted by molar-refractivity contribution is 7.99. The molecule has 1 saturated heterocycles. The molecule has 0 radical (unpaired) electrons. The number of carbonyl (C=O) groups excluding carboxylic acids is 1. The summed E-state index contributed by atoms with van der Waals surface area (Å²) < 4.78 is 21.6. The lowest BCUT2D eigenvalue weighted by Crippen LogP contribution is -2.38. The molecule has 0 spiro atoms. The predicted octanol–water partition coefficient (Wildman–Crippen LogP) is 3.89. The number of hydrogen-bond acceptors (Lipinski definition) is 8. The number of rotatable bonds is 6. The molecule has 2 aromatic heterocycles. The molecule has 33 heavy (non-hydrogen) atoms. The SMILES string of the molecule is Cc1ccccc1-n1c(SCC(=O)Nc2nc3ccc(F)cc3s2)nnc1N1CCOCC1. The average Bonchev–Trinajstić information content (AvgIpc) is 3.42. The lowest BCUT2D eigenvalue weighted by Gasteiger charge is -2.28. The molecule has 3 heterocycles. The van der Waals surface area contributed by atoms with Crippen molar-refractivity contribution in [1.29, 1.82) is 0 Å². The van der Waals surface area contributed by atoms with Gasteiger partial charge in [-0.3, -0.25) is 9.36 Å². The van der Waals surface area contributed by atoms with Crippen LogP contribution in [0.1, 0.15) is 5.56 Å². The molecular formula is C22H21FN6O2S2. The van der Waals surface area contributed by atoms with E-state index in [1.54, 1.807) is 6.07 Å². The van der Waals surface area contributed by atoms with Gasteiger partial charge in [-0.25, -0.2) is 9.37 Å². The summed E-state index contributed by atoms with van der Waals surface area (Å²) in [6, 6.07) is 12.4. The summed E-state index contributed by atoms with van der Waals surface area (Å²) in [6.45, 7) is 4.77. The Kier molecular flexibility index (Phi) is 6.25. The van der Waals surface area contributed by atoms with Crippen LogP contribution in [0.25, 0.3) is 15.9 Å². The van der Waals surface area contributed by atoms with Gasteiger partial charge in [0.2, 0.25) is 11.9 Å². The lowest BCUT2D eigenvalue weighted by atomic mass is 10.2. The van der Waals surface area contributed by atoms with Crippen LogP contribution < -0.4 is 10.2 Å². The summed E-state index contributed by atoms with van der Waals surface area (Å²) >= 11 is 2.55. The first-order valence-electron chi connectivity index (χ1n) is 10.4. The molecule has 5 rings (SSSR count). The number of aromatic nitrogens is 4. The van der Waals surface area contributed by atoms with Crippen LogP contribution in [0.2, 0.25) is 0 Å². The molecule has 0 saturated carbocycles. The van der Waals surface area contributed by atoms with E-state index in [2.05, 4.69) is 25.4 Å². The zero-order chi connectivity index (χ0) is 22.8. The number of hydrogen-bond donors (Lipinski definition) is 1. The number of nitrogens with zero attached hydrogens (tertiary/aromatic N) is 5. The van der Waals surface area contributed by atoms with Crippen molar-refractivity contribution in [2.45, 2.75) is 12.1 Å². The van der Waals surface area contributed by atoms with Gasteiger partial charge in [-0.15, -0.1) is 10.2 Å². The van der Waals surface area contributed by atoms with Crippen LogP contribution in [0.15, 0.2) is 47.6 Å². The molecular weight excluding hydrogens is 463 g/mol. The molecule has 2 aromatic carbocycles. The van der Waals surface area contributed by atoms with Crippen molar-refractivity contribution in [3.8, 4) is 5.69 Å². The van der Waals surface area contributed by atoms with E-state index in [4.69, 9.17) is 4.74 Å². The molecule has 11 heteroatoms. The number of thioether (sulfide) groups is 1. The highest BCUT2D eigenvalue weighted by Gasteiger charge is 2.23. The summed E-state index contributed by atoms with van der Waals surface area (Å²) in [5.74, 6) is 0.332. The Morgan fingerprint density at radius 3 is 2.85 bits per heavy atom. The maximum atomic E-state index is 13.4. The molecule has 1 amide bonds. The number of morpholine rings is 1. The van der Waals surface area contributed by atoms with Crippen LogP contribution >= 0.6 is 23.1 Å². The fourth-order valence-electron chi connectivity index (χ4n) is 3.59. The van der Waals surface area contributed by atoms with Gasteiger partial charge in [-0.1, -0.05) is 41.3 Å². The molecule has 8 nitrogen and oxygen atoms in total. The minimum Gasteiger partial charge on any atom is -0.378 e. The number of aryl methyl sites for hydroxylation is 1. The normalized spacial score (nSPS) is 14.1. The summed E-state index contributed by atoms with van der Waals surface area (Å²) in [6.07, 6.45) is 0. The van der Waals surface area contributed by atoms with Gasteiger partial charge in [0.05, 0.1) is 34.9 Å². The molecule has 0 aliphatic carbocycles. The van der Waals surface area contributed by atoms with Gasteiger partial charge in [0, 0.05) is 13.1 Å². The van der Waals surface area contributed by atoms with Crippen LogP contribution in [0.3, 0.4) is 0 Å². The van der Waals surface area contributed by atoms with Crippen molar-refractivity contribution in [3.63, 3.8) is 0 Å². The minimum absolute atomic E-state index is 0.136. The number of para-hydroxylation sites is 1. The Morgan fingerprint density at radius 1 is 1.21 bits per heavy atom. The predicted molar refractivity (Wildman–Crippen MR) is 128 cm³/mol. The molecule has 170 valence electrons. The molecule has 1 N–H and O–H groups in total.